The number of carbonyl (C=O) groups excluding carboxylic acids is 2. The summed E-state index contributed by atoms with van der Waals surface area (Å²) in [7, 11) is 0. The van der Waals surface area contributed by atoms with Crippen LogP contribution in [0.15, 0.2) is 24.3 Å². The van der Waals surface area contributed by atoms with Crippen molar-refractivity contribution in [2.24, 2.45) is 0 Å². The van der Waals surface area contributed by atoms with Gasteiger partial charge in [-0.25, -0.2) is 4.79 Å². The molecule has 2 rings (SSSR count). The summed E-state index contributed by atoms with van der Waals surface area (Å²) in [4.78, 5) is 26.3. The molecule has 1 unspecified atom stereocenters. The maximum atomic E-state index is 12.7. The van der Waals surface area contributed by atoms with Crippen LogP contribution >= 0.6 is 0 Å². The SMILES string of the molecule is CCOC(=O)C1CCCCN1C(=O)c1ccccc1C. The van der Waals surface area contributed by atoms with Crippen LogP contribution in [0.3, 0.4) is 0 Å². The molecule has 4 nitrogen and oxygen atoms in total. The van der Waals surface area contributed by atoms with Crippen LogP contribution in [-0.4, -0.2) is 36.0 Å². The third kappa shape index (κ3) is 3.00. The van der Waals surface area contributed by atoms with Gasteiger partial charge in [0.1, 0.15) is 6.04 Å². The van der Waals surface area contributed by atoms with Crippen LogP contribution in [0, 0.1) is 6.92 Å². The second-order valence-corrected chi connectivity index (χ2v) is 5.08. The molecule has 1 amide bonds. The minimum absolute atomic E-state index is 0.0687. The van der Waals surface area contributed by atoms with Gasteiger partial charge in [0.05, 0.1) is 6.61 Å². The van der Waals surface area contributed by atoms with E-state index in [9.17, 15) is 9.59 Å². The maximum Gasteiger partial charge on any atom is 0.328 e. The summed E-state index contributed by atoms with van der Waals surface area (Å²) < 4.78 is 5.10. The average Bonchev–Trinajstić information content (AvgIpc) is 2.47. The molecule has 0 bridgehead atoms. The predicted molar refractivity (Wildman–Crippen MR) is 76.5 cm³/mol. The van der Waals surface area contributed by atoms with Crippen molar-refractivity contribution in [3.8, 4) is 0 Å². The zero-order valence-corrected chi connectivity index (χ0v) is 12.1. The zero-order valence-electron chi connectivity index (χ0n) is 12.1. The first-order valence-electron chi connectivity index (χ1n) is 7.18. The average molecular weight is 275 g/mol. The van der Waals surface area contributed by atoms with E-state index < -0.39 is 6.04 Å². The normalized spacial score (nSPS) is 18.7. The number of benzene rings is 1. The van der Waals surface area contributed by atoms with E-state index in [-0.39, 0.29) is 11.9 Å². The quantitative estimate of drug-likeness (QED) is 0.796. The van der Waals surface area contributed by atoms with E-state index in [1.165, 1.54) is 0 Å². The van der Waals surface area contributed by atoms with Crippen molar-refractivity contribution < 1.29 is 14.3 Å². The molecule has 1 saturated heterocycles. The molecule has 4 heteroatoms. The lowest BCUT2D eigenvalue weighted by Gasteiger charge is -2.34. The zero-order chi connectivity index (χ0) is 14.5. The van der Waals surface area contributed by atoms with Crippen molar-refractivity contribution in [2.75, 3.05) is 13.2 Å². The van der Waals surface area contributed by atoms with Crippen LogP contribution in [0.4, 0.5) is 0 Å². The molecule has 0 saturated carbocycles. The molecular formula is C16H21NO3. The van der Waals surface area contributed by atoms with E-state index in [0.717, 1.165) is 18.4 Å². The summed E-state index contributed by atoms with van der Waals surface area (Å²) in [5.41, 5.74) is 1.61. The van der Waals surface area contributed by atoms with Crippen molar-refractivity contribution in [1.29, 1.82) is 0 Å². The van der Waals surface area contributed by atoms with E-state index in [0.29, 0.717) is 25.1 Å². The Hall–Kier alpha value is -1.84. The highest BCUT2D eigenvalue weighted by Crippen LogP contribution is 2.22. The van der Waals surface area contributed by atoms with E-state index in [2.05, 4.69) is 0 Å². The van der Waals surface area contributed by atoms with Gasteiger partial charge in [0.2, 0.25) is 0 Å². The Kier molecular flexibility index (Phi) is 4.77. The van der Waals surface area contributed by atoms with Crippen LogP contribution in [0.5, 0.6) is 0 Å². The number of ether oxygens (including phenoxy) is 1. The molecule has 1 aromatic rings. The van der Waals surface area contributed by atoms with Gasteiger partial charge < -0.3 is 9.64 Å². The predicted octanol–water partition coefficient (Wildman–Crippen LogP) is 2.55. The third-order valence-electron chi connectivity index (χ3n) is 3.70. The second-order valence-electron chi connectivity index (χ2n) is 5.08. The number of amides is 1. The molecule has 0 radical (unpaired) electrons. The third-order valence-corrected chi connectivity index (χ3v) is 3.70. The standard InChI is InChI=1S/C16H21NO3/c1-3-20-16(19)14-10-6-7-11-17(14)15(18)13-9-5-4-8-12(13)2/h4-5,8-9,14H,3,6-7,10-11H2,1-2H3. The van der Waals surface area contributed by atoms with Crippen molar-refractivity contribution in [2.45, 2.75) is 39.2 Å². The number of rotatable bonds is 3. The molecule has 108 valence electrons. The highest BCUT2D eigenvalue weighted by Gasteiger charge is 2.33. The molecule has 0 aromatic heterocycles. The Balaban J connectivity index is 2.22. The van der Waals surface area contributed by atoms with Gasteiger partial charge in [-0.05, 0) is 44.7 Å². The van der Waals surface area contributed by atoms with Crippen molar-refractivity contribution in [3.63, 3.8) is 0 Å². The molecule has 20 heavy (non-hydrogen) atoms. The molecule has 0 N–H and O–H groups in total. The first-order valence-corrected chi connectivity index (χ1v) is 7.18. The van der Waals surface area contributed by atoms with Crippen molar-refractivity contribution in [1.82, 2.24) is 4.90 Å². The Labute approximate surface area is 119 Å². The number of piperidine rings is 1. The van der Waals surface area contributed by atoms with Gasteiger partial charge in [-0.1, -0.05) is 18.2 Å². The fraction of sp³-hybridized carbons (Fsp3) is 0.500. The van der Waals surface area contributed by atoms with Crippen molar-refractivity contribution >= 4 is 11.9 Å². The highest BCUT2D eigenvalue weighted by molar-refractivity contribution is 5.98. The fourth-order valence-corrected chi connectivity index (χ4v) is 2.63. The Morgan fingerprint density at radius 2 is 2.05 bits per heavy atom. The molecule has 1 fully saturated rings. The molecule has 1 heterocycles. The number of hydrogen-bond acceptors (Lipinski definition) is 3. The monoisotopic (exact) mass is 275 g/mol. The van der Waals surface area contributed by atoms with E-state index in [4.69, 9.17) is 4.74 Å². The van der Waals surface area contributed by atoms with E-state index >= 15 is 0 Å². The van der Waals surface area contributed by atoms with Crippen LogP contribution in [0.2, 0.25) is 0 Å². The molecule has 0 spiro atoms. The summed E-state index contributed by atoms with van der Waals surface area (Å²) in [6.07, 6.45) is 2.59. The largest absolute Gasteiger partial charge is 0.464 e. The molecule has 1 aromatic carbocycles. The molecule has 1 aliphatic rings. The van der Waals surface area contributed by atoms with E-state index in [1.807, 2.05) is 31.2 Å². The number of aryl methyl sites for hydroxylation is 1. The lowest BCUT2D eigenvalue weighted by molar-refractivity contribution is -0.149. The van der Waals surface area contributed by atoms with Crippen LogP contribution in [0.1, 0.15) is 42.1 Å². The summed E-state index contributed by atoms with van der Waals surface area (Å²) in [5, 5.41) is 0. The Morgan fingerprint density at radius 3 is 2.75 bits per heavy atom. The minimum Gasteiger partial charge on any atom is -0.464 e. The van der Waals surface area contributed by atoms with Gasteiger partial charge in [0.15, 0.2) is 0 Å². The fourth-order valence-electron chi connectivity index (χ4n) is 2.63. The lowest BCUT2D eigenvalue weighted by atomic mass is 9.99. The van der Waals surface area contributed by atoms with Gasteiger partial charge in [-0.3, -0.25) is 4.79 Å². The smallest absolute Gasteiger partial charge is 0.328 e. The van der Waals surface area contributed by atoms with Gasteiger partial charge in [-0.15, -0.1) is 0 Å². The molecule has 1 atom stereocenters. The summed E-state index contributed by atoms with van der Waals surface area (Å²) in [6.45, 7) is 4.67. The van der Waals surface area contributed by atoms with Gasteiger partial charge in [-0.2, -0.15) is 0 Å². The minimum atomic E-state index is -0.434. The summed E-state index contributed by atoms with van der Waals surface area (Å²) >= 11 is 0. The number of likely N-dealkylation sites (tertiary alicyclic amines) is 1. The summed E-state index contributed by atoms with van der Waals surface area (Å²) in [5.74, 6) is -0.352. The number of nitrogens with zero attached hydrogens (tertiary/aromatic N) is 1. The topological polar surface area (TPSA) is 46.6 Å². The van der Waals surface area contributed by atoms with Crippen molar-refractivity contribution in [3.05, 3.63) is 35.4 Å². The van der Waals surface area contributed by atoms with Gasteiger partial charge in [0, 0.05) is 12.1 Å². The molecular weight excluding hydrogens is 254 g/mol. The highest BCUT2D eigenvalue weighted by atomic mass is 16.5. The maximum absolute atomic E-state index is 12.7. The molecule has 1 aliphatic heterocycles. The number of carbonyl (C=O) groups is 2. The Bertz CT molecular complexity index is 498. The number of esters is 1. The second kappa shape index (κ2) is 6.55. The number of hydrogen-bond donors (Lipinski definition) is 0. The van der Waals surface area contributed by atoms with Crippen LogP contribution < -0.4 is 0 Å². The first-order chi connectivity index (χ1) is 9.65. The van der Waals surface area contributed by atoms with Crippen LogP contribution in [-0.2, 0) is 9.53 Å². The Morgan fingerprint density at radius 1 is 1.30 bits per heavy atom. The summed E-state index contributed by atoms with van der Waals surface area (Å²) in [6, 6.07) is 7.05. The van der Waals surface area contributed by atoms with Gasteiger partial charge >= 0.3 is 5.97 Å². The first kappa shape index (κ1) is 14.6. The lowest BCUT2D eigenvalue weighted by Crippen LogP contribution is -2.48. The van der Waals surface area contributed by atoms with Crippen LogP contribution in [0.25, 0.3) is 0 Å². The van der Waals surface area contributed by atoms with Gasteiger partial charge in [0.25, 0.3) is 5.91 Å². The molecule has 0 aliphatic carbocycles. The van der Waals surface area contributed by atoms with E-state index in [1.54, 1.807) is 11.8 Å².